The normalized spacial score (nSPS) is 14.1. The number of rotatable bonds is 9. The van der Waals surface area contributed by atoms with Gasteiger partial charge >= 0.3 is 0 Å². The Morgan fingerprint density at radius 1 is 1.05 bits per heavy atom. The van der Waals surface area contributed by atoms with Gasteiger partial charge in [-0.25, -0.2) is 0 Å². The highest BCUT2D eigenvalue weighted by Gasteiger charge is 2.33. The van der Waals surface area contributed by atoms with Crippen LogP contribution in [0.5, 0.6) is 17.2 Å². The van der Waals surface area contributed by atoms with Gasteiger partial charge in [0, 0.05) is 4.47 Å². The summed E-state index contributed by atoms with van der Waals surface area (Å²) in [4.78, 5) is 27.7. The van der Waals surface area contributed by atoms with Crippen molar-refractivity contribution in [3.63, 3.8) is 0 Å². The zero-order chi connectivity index (χ0) is 28.1. The molecule has 0 atom stereocenters. The number of hydrogen-bond donors (Lipinski definition) is 1. The molecule has 3 aromatic carbocycles. The largest absolute Gasteiger partial charge is 0.494 e. The number of ether oxygens (including phenoxy) is 3. The first kappa shape index (κ1) is 28.7. The number of halogens is 1. The first-order valence-electron chi connectivity index (χ1n) is 12.1. The Bertz CT molecular complexity index is 1460. The number of amides is 2. The fraction of sp³-hybridized carbons (Fsp3) is 0.207. The average Bonchev–Trinajstić information content (AvgIpc) is 3.19. The zero-order valence-electron chi connectivity index (χ0n) is 21.9. The summed E-state index contributed by atoms with van der Waals surface area (Å²) in [5.41, 5.74) is 4.28. The minimum absolute atomic E-state index is 0.199. The Hall–Kier alpha value is -3.34. The number of thioether (sulfide) groups is 1. The van der Waals surface area contributed by atoms with E-state index in [1.165, 1.54) is 23.8 Å². The third kappa shape index (κ3) is 6.81. The van der Waals surface area contributed by atoms with E-state index >= 15 is 0 Å². The molecule has 1 N–H and O–H groups in total. The van der Waals surface area contributed by atoms with Crippen LogP contribution in [0.2, 0.25) is 0 Å². The Morgan fingerprint density at radius 3 is 2.46 bits per heavy atom. The van der Waals surface area contributed by atoms with Crippen molar-refractivity contribution in [1.82, 2.24) is 0 Å². The predicted octanol–water partition coefficient (Wildman–Crippen LogP) is 6.90. The summed E-state index contributed by atoms with van der Waals surface area (Å²) >= 11 is 10.2. The monoisotopic (exact) mass is 626 g/mol. The topological polar surface area (TPSA) is 77.1 Å². The van der Waals surface area contributed by atoms with Gasteiger partial charge < -0.3 is 19.5 Å². The molecule has 0 spiro atoms. The van der Waals surface area contributed by atoms with Gasteiger partial charge in [0.25, 0.3) is 11.8 Å². The molecular weight excluding hydrogens is 600 g/mol. The van der Waals surface area contributed by atoms with Crippen LogP contribution in [-0.4, -0.2) is 36.5 Å². The molecule has 39 heavy (non-hydrogen) atoms. The van der Waals surface area contributed by atoms with Gasteiger partial charge in [0.1, 0.15) is 5.75 Å². The van der Waals surface area contributed by atoms with Crippen LogP contribution in [0.3, 0.4) is 0 Å². The molecule has 0 unspecified atom stereocenters. The first-order valence-corrected chi connectivity index (χ1v) is 14.1. The molecule has 7 nitrogen and oxygen atoms in total. The number of nitrogens with one attached hydrogen (secondary N) is 1. The maximum atomic E-state index is 13.2. The molecule has 10 heteroatoms. The fourth-order valence-corrected chi connectivity index (χ4v) is 5.66. The van der Waals surface area contributed by atoms with Crippen molar-refractivity contribution >= 4 is 73.5 Å². The highest BCUT2D eigenvalue weighted by atomic mass is 79.9. The highest BCUT2D eigenvalue weighted by Crippen LogP contribution is 2.37. The third-order valence-electron chi connectivity index (χ3n) is 5.90. The molecule has 1 heterocycles. The number of aryl methyl sites for hydroxylation is 2. The highest BCUT2D eigenvalue weighted by molar-refractivity contribution is 9.10. The number of anilines is 2. The zero-order valence-corrected chi connectivity index (χ0v) is 25.1. The molecule has 1 saturated heterocycles. The summed E-state index contributed by atoms with van der Waals surface area (Å²) in [5.74, 6) is 1.06. The van der Waals surface area contributed by atoms with Crippen LogP contribution in [0.1, 0.15) is 23.6 Å². The summed E-state index contributed by atoms with van der Waals surface area (Å²) in [6.45, 7) is 6.27. The van der Waals surface area contributed by atoms with Gasteiger partial charge in [-0.15, -0.1) is 0 Å². The molecular formula is C29H27BrN2O5S2. The van der Waals surface area contributed by atoms with E-state index in [0.717, 1.165) is 26.9 Å². The lowest BCUT2D eigenvalue weighted by Crippen LogP contribution is -2.27. The van der Waals surface area contributed by atoms with Crippen molar-refractivity contribution < 1.29 is 23.8 Å². The Kier molecular flexibility index (Phi) is 9.32. The lowest BCUT2D eigenvalue weighted by molar-refractivity contribution is -0.118. The molecule has 0 radical (unpaired) electrons. The standard InChI is InChI=1S/C29H27BrN2O5S2/c1-5-36-21-9-7-20(8-10-21)32-28(34)26(39-29(32)38)15-19-6-11-24(25(14-19)35-4)37-16-27(33)31-23-13-18(3)17(2)12-22(23)30/h6-15H,5,16H2,1-4H3,(H,31,33)/b26-15+. The van der Waals surface area contributed by atoms with Gasteiger partial charge in [0.2, 0.25) is 0 Å². The van der Waals surface area contributed by atoms with Crippen molar-refractivity contribution in [3.05, 3.63) is 80.7 Å². The lowest BCUT2D eigenvalue weighted by atomic mass is 10.1. The molecule has 0 saturated carbocycles. The molecule has 4 rings (SSSR count). The van der Waals surface area contributed by atoms with Crippen molar-refractivity contribution in [2.45, 2.75) is 20.8 Å². The maximum absolute atomic E-state index is 13.2. The van der Waals surface area contributed by atoms with Gasteiger partial charge in [-0.1, -0.05) is 30.0 Å². The van der Waals surface area contributed by atoms with E-state index in [2.05, 4.69) is 21.2 Å². The second-order valence-electron chi connectivity index (χ2n) is 8.61. The SMILES string of the molecule is CCOc1ccc(N2C(=O)/C(=C\c3ccc(OCC(=O)Nc4cc(C)c(C)cc4Br)c(OC)c3)SC2=S)cc1. The Balaban J connectivity index is 1.44. The van der Waals surface area contributed by atoms with E-state index in [0.29, 0.717) is 38.7 Å². The van der Waals surface area contributed by atoms with Crippen molar-refractivity contribution in [2.24, 2.45) is 0 Å². The average molecular weight is 628 g/mol. The molecule has 2 amide bonds. The molecule has 0 bridgehead atoms. The van der Waals surface area contributed by atoms with Gasteiger partial charge in [0.15, 0.2) is 22.4 Å². The number of thiocarbonyl (C=S) groups is 1. The van der Waals surface area contributed by atoms with Crippen LogP contribution in [0.25, 0.3) is 6.08 Å². The summed E-state index contributed by atoms with van der Waals surface area (Å²) in [6.07, 6.45) is 1.75. The van der Waals surface area contributed by atoms with E-state index in [-0.39, 0.29) is 18.4 Å². The van der Waals surface area contributed by atoms with Crippen LogP contribution >= 0.6 is 39.9 Å². The van der Waals surface area contributed by atoms with E-state index in [4.69, 9.17) is 26.4 Å². The van der Waals surface area contributed by atoms with Crippen molar-refractivity contribution in [3.8, 4) is 17.2 Å². The predicted molar refractivity (Wildman–Crippen MR) is 164 cm³/mol. The van der Waals surface area contributed by atoms with Crippen LogP contribution in [0, 0.1) is 13.8 Å². The minimum atomic E-state index is -0.303. The number of carbonyl (C=O) groups is 2. The fourth-order valence-electron chi connectivity index (χ4n) is 3.80. The number of nitrogens with zero attached hydrogens (tertiary/aromatic N) is 1. The Labute approximate surface area is 245 Å². The van der Waals surface area contributed by atoms with Gasteiger partial charge in [-0.2, -0.15) is 0 Å². The number of benzene rings is 3. The van der Waals surface area contributed by atoms with Gasteiger partial charge in [-0.05, 0) is 108 Å². The van der Waals surface area contributed by atoms with Crippen LogP contribution in [-0.2, 0) is 9.59 Å². The smallest absolute Gasteiger partial charge is 0.270 e. The van der Waals surface area contributed by atoms with E-state index in [1.54, 1.807) is 24.3 Å². The molecule has 0 aliphatic carbocycles. The van der Waals surface area contributed by atoms with Gasteiger partial charge in [0.05, 0.1) is 30.0 Å². The van der Waals surface area contributed by atoms with Crippen LogP contribution in [0.15, 0.2) is 64.0 Å². The second-order valence-corrected chi connectivity index (χ2v) is 11.1. The van der Waals surface area contributed by atoms with Crippen LogP contribution < -0.4 is 24.4 Å². The van der Waals surface area contributed by atoms with E-state index in [1.807, 2.05) is 57.2 Å². The lowest BCUT2D eigenvalue weighted by Gasteiger charge is -2.15. The number of methoxy groups -OCH3 is 1. The molecule has 1 aliphatic heterocycles. The molecule has 202 valence electrons. The maximum Gasteiger partial charge on any atom is 0.270 e. The van der Waals surface area contributed by atoms with Crippen molar-refractivity contribution in [1.29, 1.82) is 0 Å². The summed E-state index contributed by atoms with van der Waals surface area (Å²) in [7, 11) is 1.52. The molecule has 1 fully saturated rings. The first-order chi connectivity index (χ1) is 18.7. The quantitative estimate of drug-likeness (QED) is 0.204. The number of carbonyl (C=O) groups excluding carboxylic acids is 2. The molecule has 1 aliphatic rings. The van der Waals surface area contributed by atoms with Crippen molar-refractivity contribution in [2.75, 3.05) is 30.5 Å². The van der Waals surface area contributed by atoms with Crippen LogP contribution in [0.4, 0.5) is 11.4 Å². The third-order valence-corrected chi connectivity index (χ3v) is 7.86. The summed E-state index contributed by atoms with van der Waals surface area (Å²) < 4.78 is 17.9. The van der Waals surface area contributed by atoms with Gasteiger partial charge in [-0.3, -0.25) is 14.5 Å². The summed E-state index contributed by atoms with van der Waals surface area (Å²) in [5, 5.41) is 2.86. The molecule has 3 aromatic rings. The minimum Gasteiger partial charge on any atom is -0.494 e. The Morgan fingerprint density at radius 2 is 1.77 bits per heavy atom. The summed E-state index contributed by atoms with van der Waals surface area (Å²) in [6, 6.07) is 16.3. The van der Waals surface area contributed by atoms with E-state index in [9.17, 15) is 9.59 Å². The second kappa shape index (κ2) is 12.7. The number of hydrogen-bond acceptors (Lipinski definition) is 7. The van der Waals surface area contributed by atoms with E-state index < -0.39 is 0 Å². The molecule has 0 aromatic heterocycles.